The van der Waals surface area contributed by atoms with E-state index >= 15 is 0 Å². The Morgan fingerprint density at radius 1 is 1.53 bits per heavy atom. The molecule has 0 amide bonds. The van der Waals surface area contributed by atoms with E-state index in [9.17, 15) is 0 Å². The molecule has 1 aliphatic rings. The Balaban J connectivity index is 1.93. The zero-order valence-electron chi connectivity index (χ0n) is 9.16. The first-order valence-electron chi connectivity index (χ1n) is 5.63. The molecule has 0 radical (unpaired) electrons. The SMILES string of the molecule is CCNCc1csc(C2CCOCC2)n1. The Labute approximate surface area is 94.9 Å². The molecule has 0 bridgehead atoms. The Kier molecular flexibility index (Phi) is 4.11. The molecule has 0 aliphatic carbocycles. The van der Waals surface area contributed by atoms with Crippen LogP contribution >= 0.6 is 11.3 Å². The molecule has 0 unspecified atom stereocenters. The van der Waals surface area contributed by atoms with E-state index in [4.69, 9.17) is 4.74 Å². The second-order valence-electron chi connectivity index (χ2n) is 3.84. The number of rotatable bonds is 4. The van der Waals surface area contributed by atoms with Gasteiger partial charge in [0.05, 0.1) is 10.7 Å². The van der Waals surface area contributed by atoms with Crippen LogP contribution in [0.5, 0.6) is 0 Å². The number of hydrogen-bond acceptors (Lipinski definition) is 4. The molecule has 0 spiro atoms. The third kappa shape index (κ3) is 3.00. The summed E-state index contributed by atoms with van der Waals surface area (Å²) in [5.41, 5.74) is 1.18. The number of ether oxygens (including phenoxy) is 1. The van der Waals surface area contributed by atoms with Crippen molar-refractivity contribution in [3.63, 3.8) is 0 Å². The van der Waals surface area contributed by atoms with Crippen LogP contribution in [-0.4, -0.2) is 24.7 Å². The van der Waals surface area contributed by atoms with Gasteiger partial charge in [-0.3, -0.25) is 0 Å². The predicted molar refractivity (Wildman–Crippen MR) is 62.3 cm³/mol. The van der Waals surface area contributed by atoms with E-state index in [-0.39, 0.29) is 0 Å². The first-order chi connectivity index (χ1) is 7.40. The predicted octanol–water partition coefficient (Wildman–Crippen LogP) is 2.15. The molecule has 84 valence electrons. The molecule has 15 heavy (non-hydrogen) atoms. The molecule has 1 N–H and O–H groups in total. The van der Waals surface area contributed by atoms with Crippen molar-refractivity contribution in [3.05, 3.63) is 16.1 Å². The first kappa shape index (κ1) is 11.0. The van der Waals surface area contributed by atoms with Crippen LogP contribution in [0.1, 0.15) is 36.4 Å². The van der Waals surface area contributed by atoms with Crippen LogP contribution in [0, 0.1) is 0 Å². The fraction of sp³-hybridized carbons (Fsp3) is 0.727. The van der Waals surface area contributed by atoms with Crippen molar-refractivity contribution in [1.29, 1.82) is 0 Å². The zero-order valence-corrected chi connectivity index (χ0v) is 9.98. The molecule has 4 heteroatoms. The van der Waals surface area contributed by atoms with Crippen LogP contribution in [-0.2, 0) is 11.3 Å². The van der Waals surface area contributed by atoms with Crippen molar-refractivity contribution in [1.82, 2.24) is 10.3 Å². The first-order valence-corrected chi connectivity index (χ1v) is 6.51. The van der Waals surface area contributed by atoms with E-state index < -0.39 is 0 Å². The fourth-order valence-electron chi connectivity index (χ4n) is 1.79. The lowest BCUT2D eigenvalue weighted by molar-refractivity contribution is 0.0852. The highest BCUT2D eigenvalue weighted by molar-refractivity contribution is 7.09. The van der Waals surface area contributed by atoms with Gasteiger partial charge in [0.2, 0.25) is 0 Å². The van der Waals surface area contributed by atoms with Gasteiger partial charge in [0.1, 0.15) is 0 Å². The molecule has 2 rings (SSSR count). The van der Waals surface area contributed by atoms with Gasteiger partial charge >= 0.3 is 0 Å². The highest BCUT2D eigenvalue weighted by atomic mass is 32.1. The summed E-state index contributed by atoms with van der Waals surface area (Å²) in [4.78, 5) is 4.67. The lowest BCUT2D eigenvalue weighted by Gasteiger charge is -2.19. The highest BCUT2D eigenvalue weighted by Gasteiger charge is 2.18. The summed E-state index contributed by atoms with van der Waals surface area (Å²) in [6.07, 6.45) is 2.27. The van der Waals surface area contributed by atoms with E-state index in [2.05, 4.69) is 22.6 Å². The van der Waals surface area contributed by atoms with E-state index in [1.807, 2.05) is 0 Å². The van der Waals surface area contributed by atoms with E-state index in [0.29, 0.717) is 5.92 Å². The molecular formula is C11H18N2OS. The molecule has 1 fully saturated rings. The molecule has 2 heterocycles. The topological polar surface area (TPSA) is 34.1 Å². The van der Waals surface area contributed by atoms with Gasteiger partial charge in [-0.2, -0.15) is 0 Å². The summed E-state index contributed by atoms with van der Waals surface area (Å²) in [5, 5.41) is 6.77. The van der Waals surface area contributed by atoms with E-state index in [0.717, 1.165) is 39.1 Å². The van der Waals surface area contributed by atoms with Crippen molar-refractivity contribution >= 4 is 11.3 Å². The summed E-state index contributed by atoms with van der Waals surface area (Å²) in [6, 6.07) is 0. The summed E-state index contributed by atoms with van der Waals surface area (Å²) in [6.45, 7) is 5.81. The molecular weight excluding hydrogens is 208 g/mol. The molecule has 1 saturated heterocycles. The Morgan fingerprint density at radius 3 is 3.07 bits per heavy atom. The van der Waals surface area contributed by atoms with Crippen LogP contribution < -0.4 is 5.32 Å². The van der Waals surface area contributed by atoms with Gasteiger partial charge in [0.25, 0.3) is 0 Å². The minimum Gasteiger partial charge on any atom is -0.381 e. The lowest BCUT2D eigenvalue weighted by atomic mass is 10.0. The van der Waals surface area contributed by atoms with Crippen molar-refractivity contribution < 1.29 is 4.74 Å². The standard InChI is InChI=1S/C11H18N2OS/c1-2-12-7-10-8-15-11(13-10)9-3-5-14-6-4-9/h8-9,12H,2-7H2,1H3. The van der Waals surface area contributed by atoms with Gasteiger partial charge in [-0.25, -0.2) is 4.98 Å². The van der Waals surface area contributed by atoms with Gasteiger partial charge in [0.15, 0.2) is 0 Å². The summed E-state index contributed by atoms with van der Waals surface area (Å²) >= 11 is 1.80. The van der Waals surface area contributed by atoms with Crippen LogP contribution in [0.15, 0.2) is 5.38 Å². The highest BCUT2D eigenvalue weighted by Crippen LogP contribution is 2.29. The Morgan fingerprint density at radius 2 is 2.33 bits per heavy atom. The second-order valence-corrected chi connectivity index (χ2v) is 4.73. The van der Waals surface area contributed by atoms with Gasteiger partial charge in [-0.1, -0.05) is 6.92 Å². The average Bonchev–Trinajstić information content (AvgIpc) is 2.76. The smallest absolute Gasteiger partial charge is 0.0961 e. The molecule has 3 nitrogen and oxygen atoms in total. The maximum atomic E-state index is 5.36. The minimum absolute atomic E-state index is 0.638. The van der Waals surface area contributed by atoms with Crippen molar-refractivity contribution in [2.24, 2.45) is 0 Å². The van der Waals surface area contributed by atoms with Gasteiger partial charge in [-0.15, -0.1) is 11.3 Å². The number of hydrogen-bond donors (Lipinski definition) is 1. The normalized spacial score (nSPS) is 18.2. The number of aromatic nitrogens is 1. The van der Waals surface area contributed by atoms with Crippen LogP contribution in [0.2, 0.25) is 0 Å². The second kappa shape index (κ2) is 5.58. The summed E-state index contributed by atoms with van der Waals surface area (Å²) in [7, 11) is 0. The van der Waals surface area contributed by atoms with E-state index in [1.165, 1.54) is 10.7 Å². The molecule has 1 aromatic rings. The molecule has 0 saturated carbocycles. The Bertz CT molecular complexity index is 295. The minimum atomic E-state index is 0.638. The molecule has 0 aromatic carbocycles. The number of nitrogens with one attached hydrogen (secondary N) is 1. The summed E-state index contributed by atoms with van der Waals surface area (Å²) < 4.78 is 5.36. The molecule has 1 aliphatic heterocycles. The number of thiazole rings is 1. The summed E-state index contributed by atoms with van der Waals surface area (Å²) in [5.74, 6) is 0.638. The third-order valence-corrected chi connectivity index (χ3v) is 3.75. The van der Waals surface area contributed by atoms with Gasteiger partial charge in [-0.05, 0) is 19.4 Å². The van der Waals surface area contributed by atoms with E-state index in [1.54, 1.807) is 11.3 Å². The third-order valence-electron chi connectivity index (χ3n) is 2.70. The zero-order chi connectivity index (χ0) is 10.5. The fourth-order valence-corrected chi connectivity index (χ4v) is 2.78. The Hall–Kier alpha value is -0.450. The largest absolute Gasteiger partial charge is 0.381 e. The maximum Gasteiger partial charge on any atom is 0.0961 e. The van der Waals surface area contributed by atoms with Crippen molar-refractivity contribution in [2.75, 3.05) is 19.8 Å². The molecule has 0 atom stereocenters. The maximum absolute atomic E-state index is 5.36. The van der Waals surface area contributed by atoms with Gasteiger partial charge < -0.3 is 10.1 Å². The van der Waals surface area contributed by atoms with Gasteiger partial charge in [0, 0.05) is 31.1 Å². The average molecular weight is 226 g/mol. The van der Waals surface area contributed by atoms with Crippen molar-refractivity contribution in [3.8, 4) is 0 Å². The van der Waals surface area contributed by atoms with Crippen molar-refractivity contribution in [2.45, 2.75) is 32.2 Å². The quantitative estimate of drug-likeness (QED) is 0.854. The molecule has 1 aromatic heterocycles. The van der Waals surface area contributed by atoms with Crippen LogP contribution in [0.4, 0.5) is 0 Å². The number of nitrogens with zero attached hydrogens (tertiary/aromatic N) is 1. The van der Waals surface area contributed by atoms with Crippen LogP contribution in [0.3, 0.4) is 0 Å². The van der Waals surface area contributed by atoms with Crippen LogP contribution in [0.25, 0.3) is 0 Å². The lowest BCUT2D eigenvalue weighted by Crippen LogP contribution is -2.15. The monoisotopic (exact) mass is 226 g/mol.